The lowest BCUT2D eigenvalue weighted by Gasteiger charge is -2.27. The van der Waals surface area contributed by atoms with Gasteiger partial charge in [0.15, 0.2) is 0 Å². The number of furan rings is 2. The first-order valence-electron chi connectivity index (χ1n) is 24.3. The van der Waals surface area contributed by atoms with Gasteiger partial charge in [-0.05, 0) is 179 Å². The number of benzene rings is 9. The van der Waals surface area contributed by atoms with Crippen LogP contribution in [-0.2, 0) is 0 Å². The average Bonchev–Trinajstić information content (AvgIpc) is 3.93. The third kappa shape index (κ3) is 6.90. The summed E-state index contributed by atoms with van der Waals surface area (Å²) in [6.07, 6.45) is 13.3. The van der Waals surface area contributed by atoms with Crippen LogP contribution in [0.3, 0.4) is 0 Å². The van der Waals surface area contributed by atoms with E-state index < -0.39 is 0 Å². The average molecular weight is 857 g/mol. The Bertz CT molecular complexity index is 3540. The molecule has 0 saturated heterocycles. The SMILES string of the molecule is c1ccc(N(c2ccc(C3CCCCC3)cc2)c2ccc3cc4c(cc3c2)oc2c4ccc3oc4cc5cc(N(c6ccccc6)c6ccc(C7CCCCC7)cc6)ccc5cc4c32)cc1. The van der Waals surface area contributed by atoms with Crippen LogP contribution in [0.1, 0.15) is 87.2 Å². The van der Waals surface area contributed by atoms with Crippen molar-refractivity contribution in [1.82, 2.24) is 0 Å². The van der Waals surface area contributed by atoms with Crippen LogP contribution >= 0.6 is 0 Å². The molecule has 2 aliphatic rings. The molecule has 66 heavy (non-hydrogen) atoms. The van der Waals surface area contributed by atoms with Crippen molar-refractivity contribution in [2.24, 2.45) is 0 Å². The lowest BCUT2D eigenvalue weighted by atomic mass is 9.84. The van der Waals surface area contributed by atoms with E-state index in [1.54, 1.807) is 0 Å². The fourth-order valence-corrected chi connectivity index (χ4v) is 11.5. The Balaban J connectivity index is 0.874. The topological polar surface area (TPSA) is 32.8 Å². The first-order valence-corrected chi connectivity index (χ1v) is 24.3. The molecule has 2 saturated carbocycles. The van der Waals surface area contributed by atoms with Crippen molar-refractivity contribution in [3.05, 3.63) is 193 Å². The van der Waals surface area contributed by atoms with Gasteiger partial charge < -0.3 is 18.6 Å². The van der Waals surface area contributed by atoms with Crippen molar-refractivity contribution in [2.75, 3.05) is 9.80 Å². The summed E-state index contributed by atoms with van der Waals surface area (Å²) in [4.78, 5) is 4.74. The lowest BCUT2D eigenvalue weighted by molar-refractivity contribution is 0.443. The summed E-state index contributed by atoms with van der Waals surface area (Å²) < 4.78 is 13.6. The van der Waals surface area contributed by atoms with Crippen LogP contribution in [0.15, 0.2) is 191 Å². The molecule has 4 heteroatoms. The fraction of sp³-hybridized carbons (Fsp3) is 0.194. The Labute approximate surface area is 385 Å². The Kier molecular flexibility index (Phi) is 9.65. The van der Waals surface area contributed by atoms with Gasteiger partial charge in [-0.2, -0.15) is 0 Å². The molecular formula is C62H52N2O2. The number of para-hydroxylation sites is 2. The van der Waals surface area contributed by atoms with Gasteiger partial charge in [0, 0.05) is 50.3 Å². The van der Waals surface area contributed by atoms with Crippen molar-refractivity contribution in [1.29, 1.82) is 0 Å². The predicted octanol–water partition coefficient (Wildman–Crippen LogP) is 18.8. The molecule has 0 bridgehead atoms. The number of anilines is 6. The molecular weight excluding hydrogens is 805 g/mol. The highest BCUT2D eigenvalue weighted by molar-refractivity contribution is 6.24. The molecule has 0 unspecified atom stereocenters. The van der Waals surface area contributed by atoms with E-state index in [1.807, 2.05) is 0 Å². The molecule has 0 amide bonds. The normalized spacial score (nSPS) is 15.2. The quantitative estimate of drug-likeness (QED) is 0.152. The van der Waals surface area contributed by atoms with E-state index in [2.05, 4.69) is 192 Å². The van der Waals surface area contributed by atoms with E-state index in [0.717, 1.165) is 94.2 Å². The molecule has 0 N–H and O–H groups in total. The van der Waals surface area contributed by atoms with Gasteiger partial charge in [0.05, 0.1) is 5.39 Å². The third-order valence-corrected chi connectivity index (χ3v) is 15.0. The van der Waals surface area contributed by atoms with E-state index in [9.17, 15) is 0 Å². The molecule has 2 heterocycles. The number of nitrogens with zero attached hydrogens (tertiary/aromatic N) is 2. The van der Waals surface area contributed by atoms with Crippen molar-refractivity contribution < 1.29 is 8.83 Å². The number of rotatable bonds is 8. The minimum absolute atomic E-state index is 0.676. The summed E-state index contributed by atoms with van der Waals surface area (Å²) in [5, 5.41) is 8.89. The van der Waals surface area contributed by atoms with Gasteiger partial charge in [-0.1, -0.05) is 111 Å². The lowest BCUT2D eigenvalue weighted by Crippen LogP contribution is -2.10. The zero-order valence-corrected chi connectivity index (χ0v) is 37.3. The second-order valence-corrected chi connectivity index (χ2v) is 19.0. The van der Waals surface area contributed by atoms with Gasteiger partial charge in [-0.25, -0.2) is 0 Å². The zero-order valence-electron chi connectivity index (χ0n) is 37.3. The summed E-state index contributed by atoms with van der Waals surface area (Å²) in [7, 11) is 0. The van der Waals surface area contributed by atoms with Crippen molar-refractivity contribution >= 4 is 99.5 Å². The second kappa shape index (κ2) is 16.3. The van der Waals surface area contributed by atoms with Crippen LogP contribution in [0, 0.1) is 0 Å². The highest BCUT2D eigenvalue weighted by Gasteiger charge is 2.22. The molecule has 0 spiro atoms. The maximum Gasteiger partial charge on any atom is 0.147 e. The summed E-state index contributed by atoms with van der Waals surface area (Å²) >= 11 is 0. The molecule has 2 aromatic heterocycles. The molecule has 0 aliphatic heterocycles. The highest BCUT2D eigenvalue weighted by atomic mass is 16.3. The molecule has 13 rings (SSSR count). The fourth-order valence-electron chi connectivity index (χ4n) is 11.5. The first-order chi connectivity index (χ1) is 32.7. The van der Waals surface area contributed by atoms with Crippen LogP contribution in [0.4, 0.5) is 34.1 Å². The van der Waals surface area contributed by atoms with Crippen molar-refractivity contribution in [3.63, 3.8) is 0 Å². The molecule has 0 atom stereocenters. The van der Waals surface area contributed by atoms with Gasteiger partial charge in [-0.15, -0.1) is 0 Å². The first kappa shape index (κ1) is 39.1. The number of hydrogen-bond donors (Lipinski definition) is 0. The summed E-state index contributed by atoms with van der Waals surface area (Å²) in [6, 6.07) is 67.0. The van der Waals surface area contributed by atoms with Gasteiger partial charge in [0.1, 0.15) is 22.3 Å². The Morgan fingerprint density at radius 3 is 1.29 bits per heavy atom. The Hall–Kier alpha value is -7.30. The Morgan fingerprint density at radius 1 is 0.318 bits per heavy atom. The summed E-state index contributed by atoms with van der Waals surface area (Å²) in [5.41, 5.74) is 13.2. The maximum absolute atomic E-state index is 6.91. The highest BCUT2D eigenvalue weighted by Crippen LogP contribution is 2.45. The van der Waals surface area contributed by atoms with Gasteiger partial charge in [0.25, 0.3) is 0 Å². The third-order valence-electron chi connectivity index (χ3n) is 15.0. The van der Waals surface area contributed by atoms with E-state index in [-0.39, 0.29) is 0 Å². The van der Waals surface area contributed by atoms with Gasteiger partial charge in [-0.3, -0.25) is 0 Å². The van der Waals surface area contributed by atoms with Gasteiger partial charge >= 0.3 is 0 Å². The van der Waals surface area contributed by atoms with Crippen LogP contribution in [0.5, 0.6) is 0 Å². The van der Waals surface area contributed by atoms with Crippen LogP contribution in [0.25, 0.3) is 65.4 Å². The minimum Gasteiger partial charge on any atom is -0.456 e. The van der Waals surface area contributed by atoms with Gasteiger partial charge in [0.2, 0.25) is 0 Å². The minimum atomic E-state index is 0.676. The van der Waals surface area contributed by atoms with Crippen LogP contribution < -0.4 is 9.80 Å². The van der Waals surface area contributed by atoms with Crippen molar-refractivity contribution in [2.45, 2.75) is 76.0 Å². The van der Waals surface area contributed by atoms with Crippen LogP contribution in [-0.4, -0.2) is 0 Å². The van der Waals surface area contributed by atoms with E-state index in [4.69, 9.17) is 8.83 Å². The standard InChI is InChI=1S/C62H52N2O2/c1-5-13-41(14-6-1)43-21-27-51(28-22-43)63(49-17-9-3-10-18-49)53-31-25-45-37-56-55-33-34-58-61(62(55)66-59(56)39-47(45)35-53)57-38-46-26-32-54(36-48(46)40-60(57)65-58)64(50-19-11-4-12-20-50)52-29-23-44(24-30-52)42-15-7-2-8-16-42/h3-4,9-12,17-42H,1-2,5-8,13-16H2. The number of fused-ring (bicyclic) bond motifs is 9. The largest absolute Gasteiger partial charge is 0.456 e. The Morgan fingerprint density at radius 2 is 0.773 bits per heavy atom. The van der Waals surface area contributed by atoms with Crippen LogP contribution in [0.2, 0.25) is 0 Å². The summed E-state index contributed by atoms with van der Waals surface area (Å²) in [5.74, 6) is 1.35. The van der Waals surface area contributed by atoms with E-state index in [1.165, 1.54) is 80.7 Å². The second-order valence-electron chi connectivity index (χ2n) is 19.0. The molecule has 11 aromatic rings. The maximum atomic E-state index is 6.91. The zero-order chi connectivity index (χ0) is 43.6. The molecule has 0 radical (unpaired) electrons. The monoisotopic (exact) mass is 856 g/mol. The van der Waals surface area contributed by atoms with Crippen molar-refractivity contribution in [3.8, 4) is 0 Å². The molecule has 4 nitrogen and oxygen atoms in total. The number of hydrogen-bond acceptors (Lipinski definition) is 4. The smallest absolute Gasteiger partial charge is 0.147 e. The van der Waals surface area contributed by atoms with E-state index >= 15 is 0 Å². The summed E-state index contributed by atoms with van der Waals surface area (Å²) in [6.45, 7) is 0. The van der Waals surface area contributed by atoms with E-state index in [0.29, 0.717) is 11.8 Å². The molecule has 2 aliphatic carbocycles. The predicted molar refractivity (Wildman–Crippen MR) is 277 cm³/mol. The molecule has 9 aromatic carbocycles. The molecule has 322 valence electrons. The molecule has 2 fully saturated rings.